The quantitative estimate of drug-likeness (QED) is 0.590. The topological polar surface area (TPSA) is 62.2 Å². The van der Waals surface area contributed by atoms with Gasteiger partial charge in [-0.3, -0.25) is 0 Å². The van der Waals surface area contributed by atoms with Crippen LogP contribution in [0.3, 0.4) is 0 Å². The fraction of sp³-hybridized carbons (Fsp3) is 0. The van der Waals surface area contributed by atoms with Crippen LogP contribution in [-0.2, 0) is 11.4 Å². The van der Waals surface area contributed by atoms with Gasteiger partial charge in [-0.1, -0.05) is 11.3 Å². The first-order valence-electron chi connectivity index (χ1n) is 1.96. The van der Waals surface area contributed by atoms with Crippen LogP contribution in [0.15, 0.2) is 11.6 Å². The first-order chi connectivity index (χ1) is 4.29. The third-order valence-electron chi connectivity index (χ3n) is 0.549. The molecule has 0 fully saturated rings. The number of aromatic nitrogens is 1. The van der Waals surface area contributed by atoms with Gasteiger partial charge in [0.25, 0.3) is 5.19 Å². The van der Waals surface area contributed by atoms with Gasteiger partial charge in [0, 0.05) is 11.6 Å². The molecule has 1 rings (SSSR count). The molecule has 0 aliphatic carbocycles. The van der Waals surface area contributed by atoms with Crippen LogP contribution in [0.4, 0.5) is 0 Å². The van der Waals surface area contributed by atoms with Gasteiger partial charge in [-0.15, -0.1) is 0 Å². The molecule has 1 heterocycles. The van der Waals surface area contributed by atoms with Crippen LogP contribution in [0.2, 0.25) is 0 Å². The smallest absolute Gasteiger partial charge is 0.287 e. The van der Waals surface area contributed by atoms with Crippen molar-refractivity contribution in [2.75, 3.05) is 0 Å². The van der Waals surface area contributed by atoms with E-state index in [1.54, 1.807) is 5.38 Å². The van der Waals surface area contributed by atoms with E-state index in [1.165, 1.54) is 6.20 Å². The van der Waals surface area contributed by atoms with Crippen LogP contribution < -0.4 is 4.18 Å². The van der Waals surface area contributed by atoms with Crippen molar-refractivity contribution in [2.24, 2.45) is 0 Å². The summed E-state index contributed by atoms with van der Waals surface area (Å²) in [4.78, 5) is 3.56. The zero-order chi connectivity index (χ0) is 6.69. The Kier molecular flexibility index (Phi) is 2.15. The standard InChI is InChI=1S/C3H3NO3S2/c5-9(6)7-3-4-1-2-8-3/h1-2H,(H,5,6)/p-1. The van der Waals surface area contributed by atoms with Gasteiger partial charge in [-0.05, 0) is 0 Å². The van der Waals surface area contributed by atoms with E-state index in [0.717, 1.165) is 11.3 Å². The number of hydrogen-bond donors (Lipinski definition) is 0. The number of hydrogen-bond acceptors (Lipinski definition) is 5. The third-order valence-corrected chi connectivity index (χ3v) is 1.60. The first-order valence-corrected chi connectivity index (χ1v) is 3.84. The molecule has 0 amide bonds. The Balaban J connectivity index is 2.58. The minimum atomic E-state index is -2.50. The summed E-state index contributed by atoms with van der Waals surface area (Å²) < 4.78 is 23.8. The fourth-order valence-electron chi connectivity index (χ4n) is 0.310. The molecule has 0 aliphatic rings. The molecule has 0 saturated carbocycles. The maximum absolute atomic E-state index is 9.81. The highest BCUT2D eigenvalue weighted by Gasteiger charge is 1.92. The molecule has 1 aromatic heterocycles. The Hall–Kier alpha value is -0.460. The second-order valence-electron chi connectivity index (χ2n) is 1.09. The highest BCUT2D eigenvalue weighted by atomic mass is 32.2. The fourth-order valence-corrected chi connectivity index (χ4v) is 1.15. The van der Waals surface area contributed by atoms with Crippen molar-refractivity contribution in [2.45, 2.75) is 0 Å². The van der Waals surface area contributed by atoms with Crippen molar-refractivity contribution in [1.82, 2.24) is 4.98 Å². The van der Waals surface area contributed by atoms with E-state index in [4.69, 9.17) is 0 Å². The highest BCUT2D eigenvalue weighted by Crippen LogP contribution is 2.13. The molecule has 0 radical (unpaired) electrons. The van der Waals surface area contributed by atoms with E-state index >= 15 is 0 Å². The molecule has 0 saturated heterocycles. The Labute approximate surface area is 58.0 Å². The van der Waals surface area contributed by atoms with Crippen molar-refractivity contribution in [1.29, 1.82) is 0 Å². The average Bonchev–Trinajstić information content (AvgIpc) is 2.15. The largest absolute Gasteiger partial charge is 0.740 e. The monoisotopic (exact) mass is 164 g/mol. The number of thiazole rings is 1. The summed E-state index contributed by atoms with van der Waals surface area (Å²) in [7, 11) is 0. The minimum absolute atomic E-state index is 0.142. The molecule has 0 aliphatic heterocycles. The van der Waals surface area contributed by atoms with Crippen LogP contribution in [0.25, 0.3) is 0 Å². The SMILES string of the molecule is O=S([O-])Oc1nccs1. The lowest BCUT2D eigenvalue weighted by Gasteiger charge is -2.00. The van der Waals surface area contributed by atoms with Crippen molar-refractivity contribution < 1.29 is 12.9 Å². The van der Waals surface area contributed by atoms with Crippen LogP contribution in [0.1, 0.15) is 0 Å². The molecule has 0 N–H and O–H groups in total. The van der Waals surface area contributed by atoms with E-state index in [1.807, 2.05) is 0 Å². The number of rotatable bonds is 2. The predicted octanol–water partition coefficient (Wildman–Crippen LogP) is 0.316. The Bertz CT molecular complexity index is 197. The van der Waals surface area contributed by atoms with Crippen molar-refractivity contribution in [3.05, 3.63) is 11.6 Å². The van der Waals surface area contributed by atoms with Gasteiger partial charge >= 0.3 is 0 Å². The normalized spacial score (nSPS) is 13.0. The highest BCUT2D eigenvalue weighted by molar-refractivity contribution is 7.74. The molecule has 0 bridgehead atoms. The lowest BCUT2D eigenvalue weighted by Crippen LogP contribution is -1.96. The first kappa shape index (κ1) is 6.66. The third kappa shape index (κ3) is 2.08. The molecule has 0 aromatic carbocycles. The molecular formula is C3H2NO3S2-. The Morgan fingerprint density at radius 1 is 1.89 bits per heavy atom. The second-order valence-corrected chi connectivity index (χ2v) is 2.52. The number of nitrogens with zero attached hydrogens (tertiary/aromatic N) is 1. The Morgan fingerprint density at radius 2 is 2.67 bits per heavy atom. The van der Waals surface area contributed by atoms with Crippen molar-refractivity contribution in [3.8, 4) is 5.19 Å². The summed E-state index contributed by atoms with van der Waals surface area (Å²) in [5.74, 6) is 0. The van der Waals surface area contributed by atoms with E-state index < -0.39 is 11.4 Å². The molecule has 4 nitrogen and oxygen atoms in total. The van der Waals surface area contributed by atoms with Crippen LogP contribution in [-0.4, -0.2) is 13.7 Å². The molecule has 50 valence electrons. The second kappa shape index (κ2) is 2.90. The predicted molar refractivity (Wildman–Crippen MR) is 31.7 cm³/mol. The molecule has 6 heteroatoms. The summed E-state index contributed by atoms with van der Waals surface area (Å²) in [6, 6.07) is 0. The lowest BCUT2D eigenvalue weighted by atomic mass is 11.0. The summed E-state index contributed by atoms with van der Waals surface area (Å²) in [5.41, 5.74) is 0. The molecule has 1 aromatic rings. The molecule has 0 spiro atoms. The molecule has 9 heavy (non-hydrogen) atoms. The lowest BCUT2D eigenvalue weighted by molar-refractivity contribution is 0.439. The zero-order valence-corrected chi connectivity index (χ0v) is 5.78. The minimum Gasteiger partial charge on any atom is -0.740 e. The van der Waals surface area contributed by atoms with Gasteiger partial charge in [0.1, 0.15) is 11.4 Å². The van der Waals surface area contributed by atoms with Crippen LogP contribution in [0.5, 0.6) is 5.19 Å². The summed E-state index contributed by atoms with van der Waals surface area (Å²) >= 11 is -1.37. The van der Waals surface area contributed by atoms with Crippen molar-refractivity contribution >= 4 is 22.7 Å². The Morgan fingerprint density at radius 3 is 3.11 bits per heavy atom. The molecule has 1 atom stereocenters. The van der Waals surface area contributed by atoms with Crippen LogP contribution in [0, 0.1) is 0 Å². The summed E-state index contributed by atoms with van der Waals surface area (Å²) in [6.45, 7) is 0. The van der Waals surface area contributed by atoms with Gasteiger partial charge < -0.3 is 8.74 Å². The molecule has 1 unspecified atom stereocenters. The van der Waals surface area contributed by atoms with Gasteiger partial charge in [0.05, 0.1) is 0 Å². The van der Waals surface area contributed by atoms with E-state index in [9.17, 15) is 8.76 Å². The summed E-state index contributed by atoms with van der Waals surface area (Å²) in [5, 5.41) is 1.77. The maximum Gasteiger partial charge on any atom is 0.287 e. The summed E-state index contributed by atoms with van der Waals surface area (Å²) in [6.07, 6.45) is 1.47. The van der Waals surface area contributed by atoms with E-state index in [0.29, 0.717) is 0 Å². The van der Waals surface area contributed by atoms with Gasteiger partial charge in [-0.25, -0.2) is 9.19 Å². The van der Waals surface area contributed by atoms with Crippen molar-refractivity contribution in [3.63, 3.8) is 0 Å². The zero-order valence-electron chi connectivity index (χ0n) is 4.14. The van der Waals surface area contributed by atoms with E-state index in [2.05, 4.69) is 9.17 Å². The van der Waals surface area contributed by atoms with Crippen LogP contribution >= 0.6 is 11.3 Å². The van der Waals surface area contributed by atoms with Gasteiger partial charge in [-0.2, -0.15) is 0 Å². The maximum atomic E-state index is 9.81. The van der Waals surface area contributed by atoms with Gasteiger partial charge in [0.2, 0.25) is 0 Å². The van der Waals surface area contributed by atoms with E-state index in [-0.39, 0.29) is 5.19 Å². The molecular weight excluding hydrogens is 162 g/mol. The van der Waals surface area contributed by atoms with Gasteiger partial charge in [0.15, 0.2) is 0 Å². The average molecular weight is 164 g/mol.